The van der Waals surface area contributed by atoms with E-state index < -0.39 is 0 Å². The fourth-order valence-corrected chi connectivity index (χ4v) is 1.42. The first-order chi connectivity index (χ1) is 8.04. The van der Waals surface area contributed by atoms with Gasteiger partial charge in [-0.05, 0) is 24.6 Å². The van der Waals surface area contributed by atoms with Gasteiger partial charge in [-0.2, -0.15) is 0 Å². The summed E-state index contributed by atoms with van der Waals surface area (Å²) in [6.07, 6.45) is 0. The number of alkyl halides is 1. The lowest BCUT2D eigenvalue weighted by Gasteiger charge is -2.17. The molecule has 0 bridgehead atoms. The molecule has 0 spiro atoms. The van der Waals surface area contributed by atoms with Crippen molar-refractivity contribution in [3.05, 3.63) is 29.8 Å². The number of likely N-dealkylation sites (N-methyl/N-ethyl adjacent to an activating group) is 1. The molecule has 1 aromatic rings. The minimum Gasteiger partial charge on any atom is -0.346 e. The molecule has 1 rings (SSSR count). The molecule has 2 amide bonds. The molecule has 0 aliphatic carbocycles. The van der Waals surface area contributed by atoms with E-state index in [4.69, 9.17) is 11.6 Å². The first kappa shape index (κ1) is 13.5. The van der Waals surface area contributed by atoms with Gasteiger partial charge in [-0.1, -0.05) is 12.1 Å². The van der Waals surface area contributed by atoms with E-state index in [2.05, 4.69) is 5.32 Å². The van der Waals surface area contributed by atoms with Gasteiger partial charge in [0, 0.05) is 12.7 Å². The van der Waals surface area contributed by atoms with Crippen molar-refractivity contribution in [3.63, 3.8) is 0 Å². The molecule has 0 aliphatic rings. The topological polar surface area (TPSA) is 49.4 Å². The van der Waals surface area contributed by atoms with Crippen molar-refractivity contribution in [2.24, 2.45) is 0 Å². The summed E-state index contributed by atoms with van der Waals surface area (Å²) in [6.45, 7) is 1.91. The van der Waals surface area contributed by atoms with E-state index in [-0.39, 0.29) is 24.2 Å². The molecule has 4 nitrogen and oxygen atoms in total. The second-order valence-electron chi connectivity index (χ2n) is 3.70. The van der Waals surface area contributed by atoms with Gasteiger partial charge in [0.1, 0.15) is 5.88 Å². The lowest BCUT2D eigenvalue weighted by molar-refractivity contribution is -0.123. The summed E-state index contributed by atoms with van der Waals surface area (Å²) in [6, 6.07) is 7.58. The molecule has 0 aliphatic heterocycles. The minimum absolute atomic E-state index is 0.0456. The van der Waals surface area contributed by atoms with Crippen molar-refractivity contribution in [2.45, 2.75) is 6.92 Å². The smallest absolute Gasteiger partial charge is 0.246 e. The van der Waals surface area contributed by atoms with Crippen molar-refractivity contribution in [2.75, 3.05) is 24.4 Å². The van der Waals surface area contributed by atoms with Crippen molar-refractivity contribution in [1.82, 2.24) is 5.32 Å². The number of halogens is 1. The molecule has 0 saturated heterocycles. The molecule has 1 N–H and O–H groups in total. The van der Waals surface area contributed by atoms with Crippen molar-refractivity contribution in [3.8, 4) is 0 Å². The van der Waals surface area contributed by atoms with Crippen LogP contribution in [0.15, 0.2) is 24.3 Å². The Morgan fingerprint density at radius 1 is 1.41 bits per heavy atom. The average Bonchev–Trinajstić information content (AvgIpc) is 2.34. The summed E-state index contributed by atoms with van der Waals surface area (Å²) in [7, 11) is 1.67. The summed E-state index contributed by atoms with van der Waals surface area (Å²) in [5.41, 5.74) is 1.88. The van der Waals surface area contributed by atoms with Crippen LogP contribution in [0.25, 0.3) is 0 Å². The van der Waals surface area contributed by atoms with Crippen LogP contribution in [0.3, 0.4) is 0 Å². The predicted molar refractivity (Wildman–Crippen MR) is 68.3 cm³/mol. The Morgan fingerprint density at radius 3 is 2.71 bits per heavy atom. The number of hydrogen-bond acceptors (Lipinski definition) is 2. The van der Waals surface area contributed by atoms with Gasteiger partial charge < -0.3 is 10.2 Å². The van der Waals surface area contributed by atoms with Gasteiger partial charge in [-0.25, -0.2) is 0 Å². The third-order valence-corrected chi connectivity index (χ3v) is 2.56. The fraction of sp³-hybridized carbons (Fsp3) is 0.333. The van der Waals surface area contributed by atoms with Crippen LogP contribution in [-0.4, -0.2) is 31.3 Å². The SMILES string of the molecule is Cc1cccc(N(C)C(=O)CNC(=O)CCl)c1. The van der Waals surface area contributed by atoms with Crippen LogP contribution in [0.5, 0.6) is 0 Å². The van der Waals surface area contributed by atoms with Crippen LogP contribution in [0.1, 0.15) is 5.56 Å². The number of benzene rings is 1. The summed E-state index contributed by atoms with van der Waals surface area (Å²) in [5, 5.41) is 2.44. The largest absolute Gasteiger partial charge is 0.346 e. The highest BCUT2D eigenvalue weighted by atomic mass is 35.5. The summed E-state index contributed by atoms with van der Waals surface area (Å²) in [4.78, 5) is 24.2. The van der Waals surface area contributed by atoms with E-state index >= 15 is 0 Å². The second-order valence-corrected chi connectivity index (χ2v) is 3.97. The molecule has 5 heteroatoms. The highest BCUT2D eigenvalue weighted by Gasteiger charge is 2.11. The monoisotopic (exact) mass is 254 g/mol. The van der Waals surface area contributed by atoms with Gasteiger partial charge in [0.2, 0.25) is 11.8 Å². The van der Waals surface area contributed by atoms with E-state index in [1.54, 1.807) is 7.05 Å². The number of anilines is 1. The zero-order valence-electron chi connectivity index (χ0n) is 9.87. The highest BCUT2D eigenvalue weighted by Crippen LogP contribution is 2.13. The van der Waals surface area contributed by atoms with Gasteiger partial charge in [0.25, 0.3) is 0 Å². The number of amides is 2. The van der Waals surface area contributed by atoms with Gasteiger partial charge in [-0.3, -0.25) is 9.59 Å². The minimum atomic E-state index is -0.349. The van der Waals surface area contributed by atoms with E-state index in [0.717, 1.165) is 11.3 Å². The Labute approximate surface area is 106 Å². The maximum atomic E-state index is 11.7. The van der Waals surface area contributed by atoms with Crippen molar-refractivity contribution >= 4 is 29.1 Å². The molecule has 1 aromatic carbocycles. The fourth-order valence-electron chi connectivity index (χ4n) is 1.32. The Kier molecular flexibility index (Phi) is 4.97. The Hall–Kier alpha value is -1.55. The zero-order chi connectivity index (χ0) is 12.8. The molecule has 0 fully saturated rings. The maximum absolute atomic E-state index is 11.7. The highest BCUT2D eigenvalue weighted by molar-refractivity contribution is 6.27. The first-order valence-corrected chi connectivity index (χ1v) is 5.74. The van der Waals surface area contributed by atoms with Crippen LogP contribution < -0.4 is 10.2 Å². The predicted octanol–water partition coefficient (Wildman–Crippen LogP) is 1.31. The van der Waals surface area contributed by atoms with Gasteiger partial charge in [0.05, 0.1) is 6.54 Å². The van der Waals surface area contributed by atoms with E-state index in [1.807, 2.05) is 31.2 Å². The van der Waals surface area contributed by atoms with Gasteiger partial charge in [0.15, 0.2) is 0 Å². The first-order valence-electron chi connectivity index (χ1n) is 5.20. The summed E-state index contributed by atoms with van der Waals surface area (Å²) >= 11 is 5.32. The Balaban J connectivity index is 2.60. The molecule has 0 saturated carbocycles. The molecular weight excluding hydrogens is 240 g/mol. The lowest BCUT2D eigenvalue weighted by atomic mass is 10.2. The standard InChI is InChI=1S/C12H15ClN2O2/c1-9-4-3-5-10(6-9)15(2)12(17)8-14-11(16)7-13/h3-6H,7-8H2,1-2H3,(H,14,16). The summed E-state index contributed by atoms with van der Waals surface area (Å²) < 4.78 is 0. The molecule has 0 aromatic heterocycles. The second kappa shape index (κ2) is 6.25. The van der Waals surface area contributed by atoms with Crippen LogP contribution in [0.4, 0.5) is 5.69 Å². The lowest BCUT2D eigenvalue weighted by Crippen LogP contribution is -2.38. The third kappa shape index (κ3) is 4.07. The van der Waals surface area contributed by atoms with Crippen molar-refractivity contribution < 1.29 is 9.59 Å². The Morgan fingerprint density at radius 2 is 2.12 bits per heavy atom. The van der Waals surface area contributed by atoms with E-state index in [1.165, 1.54) is 4.90 Å². The van der Waals surface area contributed by atoms with Gasteiger partial charge >= 0.3 is 0 Å². The zero-order valence-corrected chi connectivity index (χ0v) is 10.6. The summed E-state index contributed by atoms with van der Waals surface area (Å²) in [5.74, 6) is -0.673. The van der Waals surface area contributed by atoms with Crippen LogP contribution >= 0.6 is 11.6 Å². The number of carbonyl (C=O) groups is 2. The van der Waals surface area contributed by atoms with E-state index in [0.29, 0.717) is 0 Å². The normalized spacial score (nSPS) is 9.82. The number of hydrogen-bond donors (Lipinski definition) is 1. The number of nitrogens with one attached hydrogen (secondary N) is 1. The number of carbonyl (C=O) groups excluding carboxylic acids is 2. The third-order valence-electron chi connectivity index (χ3n) is 2.32. The quantitative estimate of drug-likeness (QED) is 0.824. The average molecular weight is 255 g/mol. The van der Waals surface area contributed by atoms with Crippen LogP contribution in [-0.2, 0) is 9.59 Å². The van der Waals surface area contributed by atoms with Crippen LogP contribution in [0, 0.1) is 6.92 Å². The van der Waals surface area contributed by atoms with Crippen molar-refractivity contribution in [1.29, 1.82) is 0 Å². The molecule has 0 radical (unpaired) electrons. The van der Waals surface area contributed by atoms with E-state index in [9.17, 15) is 9.59 Å². The number of rotatable bonds is 4. The molecular formula is C12H15ClN2O2. The molecule has 0 atom stereocenters. The van der Waals surface area contributed by atoms with Gasteiger partial charge in [-0.15, -0.1) is 11.6 Å². The van der Waals surface area contributed by atoms with Crippen LogP contribution in [0.2, 0.25) is 0 Å². The molecule has 92 valence electrons. The maximum Gasteiger partial charge on any atom is 0.246 e. The Bertz CT molecular complexity index is 421. The number of aryl methyl sites for hydroxylation is 1. The molecule has 0 unspecified atom stereocenters. The number of nitrogens with zero attached hydrogens (tertiary/aromatic N) is 1. The molecule has 17 heavy (non-hydrogen) atoms. The molecule has 0 heterocycles.